The number of hydrogen-bond acceptors (Lipinski definition) is 1. The first-order valence-electron chi connectivity index (χ1n) is 4.56. The lowest BCUT2D eigenvalue weighted by Crippen LogP contribution is -1.95. The molecule has 2 rings (SSSR count). The molecular formula is C11H10BrFN2. The van der Waals surface area contributed by atoms with Crippen LogP contribution in [0.5, 0.6) is 0 Å². The number of hydrogen-bond donors (Lipinski definition) is 0. The minimum absolute atomic E-state index is 0.237. The van der Waals surface area contributed by atoms with Crippen molar-refractivity contribution in [3.8, 4) is 5.69 Å². The van der Waals surface area contributed by atoms with E-state index in [9.17, 15) is 4.39 Å². The molecule has 0 aliphatic rings. The second-order valence-electron chi connectivity index (χ2n) is 3.36. The molecule has 0 bridgehead atoms. The smallest absolute Gasteiger partial charge is 0.147 e. The van der Waals surface area contributed by atoms with Gasteiger partial charge in [-0.25, -0.2) is 9.37 Å². The van der Waals surface area contributed by atoms with E-state index >= 15 is 0 Å². The number of benzene rings is 1. The minimum Gasteiger partial charge on any atom is -0.303 e. The standard InChI is InChI=1S/C11H10BrFN2/c1-8-2-3-10(13)11(4-8)15-6-9(5-12)14-7-15/h2-4,6-7H,5H2,1H3. The first-order valence-corrected chi connectivity index (χ1v) is 5.68. The van der Waals surface area contributed by atoms with Crippen LogP contribution in [-0.2, 0) is 5.33 Å². The van der Waals surface area contributed by atoms with Crippen LogP contribution < -0.4 is 0 Å². The van der Waals surface area contributed by atoms with Crippen LogP contribution in [0, 0.1) is 12.7 Å². The first-order chi connectivity index (χ1) is 7.20. The van der Waals surface area contributed by atoms with Crippen molar-refractivity contribution in [1.82, 2.24) is 9.55 Å². The average molecular weight is 269 g/mol. The van der Waals surface area contributed by atoms with Gasteiger partial charge in [0, 0.05) is 11.5 Å². The molecule has 4 heteroatoms. The van der Waals surface area contributed by atoms with Crippen LogP contribution in [0.3, 0.4) is 0 Å². The van der Waals surface area contributed by atoms with Gasteiger partial charge in [-0.3, -0.25) is 0 Å². The third kappa shape index (κ3) is 2.09. The van der Waals surface area contributed by atoms with E-state index in [4.69, 9.17) is 0 Å². The van der Waals surface area contributed by atoms with Gasteiger partial charge in [0.25, 0.3) is 0 Å². The first kappa shape index (κ1) is 10.4. The Morgan fingerprint density at radius 2 is 2.27 bits per heavy atom. The second kappa shape index (κ2) is 4.14. The SMILES string of the molecule is Cc1ccc(F)c(-n2cnc(CBr)c2)c1. The van der Waals surface area contributed by atoms with E-state index in [-0.39, 0.29) is 5.82 Å². The topological polar surface area (TPSA) is 17.8 Å². The second-order valence-corrected chi connectivity index (χ2v) is 3.92. The summed E-state index contributed by atoms with van der Waals surface area (Å²) < 4.78 is 15.2. The molecular weight excluding hydrogens is 259 g/mol. The lowest BCUT2D eigenvalue weighted by atomic mass is 10.2. The molecule has 78 valence electrons. The number of aromatic nitrogens is 2. The van der Waals surface area contributed by atoms with Crippen molar-refractivity contribution in [2.75, 3.05) is 0 Å². The molecule has 0 amide bonds. The molecule has 1 aromatic heterocycles. The summed E-state index contributed by atoms with van der Waals surface area (Å²) in [7, 11) is 0. The van der Waals surface area contributed by atoms with Crippen molar-refractivity contribution in [2.24, 2.45) is 0 Å². The van der Waals surface area contributed by atoms with Gasteiger partial charge < -0.3 is 4.57 Å². The predicted molar refractivity (Wildman–Crippen MR) is 60.9 cm³/mol. The summed E-state index contributed by atoms with van der Waals surface area (Å²) in [5, 5.41) is 0.674. The van der Waals surface area contributed by atoms with Crippen LogP contribution >= 0.6 is 15.9 Å². The fourth-order valence-corrected chi connectivity index (χ4v) is 1.67. The molecule has 0 saturated heterocycles. The highest BCUT2D eigenvalue weighted by molar-refractivity contribution is 9.08. The largest absolute Gasteiger partial charge is 0.303 e. The van der Waals surface area contributed by atoms with E-state index < -0.39 is 0 Å². The molecule has 0 fully saturated rings. The van der Waals surface area contributed by atoms with Gasteiger partial charge >= 0.3 is 0 Å². The molecule has 0 aliphatic heterocycles. The van der Waals surface area contributed by atoms with Gasteiger partial charge in [0.15, 0.2) is 0 Å². The molecule has 1 heterocycles. The Bertz CT molecular complexity index is 479. The van der Waals surface area contributed by atoms with Gasteiger partial charge in [-0.05, 0) is 24.6 Å². The average Bonchev–Trinajstić information content (AvgIpc) is 2.70. The number of rotatable bonds is 2. The molecule has 2 nitrogen and oxygen atoms in total. The van der Waals surface area contributed by atoms with E-state index in [0.29, 0.717) is 11.0 Å². The van der Waals surface area contributed by atoms with Gasteiger partial charge in [-0.15, -0.1) is 0 Å². The highest BCUT2D eigenvalue weighted by Gasteiger charge is 2.05. The van der Waals surface area contributed by atoms with Crippen LogP contribution in [0.1, 0.15) is 11.3 Å². The van der Waals surface area contributed by atoms with E-state index in [1.54, 1.807) is 23.0 Å². The zero-order chi connectivity index (χ0) is 10.8. The molecule has 15 heavy (non-hydrogen) atoms. The number of halogens is 2. The van der Waals surface area contributed by atoms with Gasteiger partial charge in [0.1, 0.15) is 5.82 Å². The fourth-order valence-electron chi connectivity index (χ4n) is 1.38. The van der Waals surface area contributed by atoms with Gasteiger partial charge in [-0.1, -0.05) is 22.0 Å². The van der Waals surface area contributed by atoms with Crippen LogP contribution in [0.15, 0.2) is 30.7 Å². The zero-order valence-corrected chi connectivity index (χ0v) is 9.83. The molecule has 0 atom stereocenters. The molecule has 0 spiro atoms. The molecule has 0 N–H and O–H groups in total. The lowest BCUT2D eigenvalue weighted by Gasteiger charge is -2.04. The number of aryl methyl sites for hydroxylation is 1. The molecule has 0 unspecified atom stereocenters. The Labute approximate surface area is 95.9 Å². The lowest BCUT2D eigenvalue weighted by molar-refractivity contribution is 0.617. The van der Waals surface area contributed by atoms with E-state index in [1.165, 1.54) is 6.07 Å². The number of imidazole rings is 1. The van der Waals surface area contributed by atoms with Crippen LogP contribution in [0.2, 0.25) is 0 Å². The maximum atomic E-state index is 13.5. The summed E-state index contributed by atoms with van der Waals surface area (Å²) in [6, 6.07) is 5.02. The minimum atomic E-state index is -0.237. The Morgan fingerprint density at radius 1 is 1.47 bits per heavy atom. The van der Waals surface area contributed by atoms with Crippen molar-refractivity contribution in [1.29, 1.82) is 0 Å². The fraction of sp³-hybridized carbons (Fsp3) is 0.182. The summed E-state index contributed by atoms with van der Waals surface area (Å²) in [5.74, 6) is -0.237. The summed E-state index contributed by atoms with van der Waals surface area (Å²) in [4.78, 5) is 4.13. The Balaban J connectivity index is 2.48. The highest BCUT2D eigenvalue weighted by Crippen LogP contribution is 2.16. The highest BCUT2D eigenvalue weighted by atomic mass is 79.9. The normalized spacial score (nSPS) is 10.6. The van der Waals surface area contributed by atoms with Crippen molar-refractivity contribution >= 4 is 15.9 Å². The van der Waals surface area contributed by atoms with Crippen LogP contribution in [0.4, 0.5) is 4.39 Å². The summed E-state index contributed by atoms with van der Waals surface area (Å²) in [6.45, 7) is 1.94. The molecule has 2 aromatic rings. The van der Waals surface area contributed by atoms with Gasteiger partial charge in [-0.2, -0.15) is 0 Å². The maximum Gasteiger partial charge on any atom is 0.147 e. The molecule has 1 aromatic carbocycles. The van der Waals surface area contributed by atoms with Crippen LogP contribution in [0.25, 0.3) is 5.69 Å². The van der Waals surface area contributed by atoms with Crippen molar-refractivity contribution < 1.29 is 4.39 Å². The van der Waals surface area contributed by atoms with Crippen molar-refractivity contribution in [3.63, 3.8) is 0 Å². The number of alkyl halides is 1. The summed E-state index contributed by atoms with van der Waals surface area (Å²) >= 11 is 3.31. The third-order valence-electron chi connectivity index (χ3n) is 2.15. The third-order valence-corrected chi connectivity index (χ3v) is 2.73. The predicted octanol–water partition coefficient (Wildman–Crippen LogP) is 3.21. The van der Waals surface area contributed by atoms with Gasteiger partial charge in [0.2, 0.25) is 0 Å². The Kier molecular flexibility index (Phi) is 2.86. The Morgan fingerprint density at radius 3 is 2.93 bits per heavy atom. The molecule has 0 aliphatic carbocycles. The zero-order valence-electron chi connectivity index (χ0n) is 8.24. The van der Waals surface area contributed by atoms with E-state index in [2.05, 4.69) is 20.9 Å². The van der Waals surface area contributed by atoms with E-state index in [0.717, 1.165) is 11.3 Å². The van der Waals surface area contributed by atoms with Crippen molar-refractivity contribution in [2.45, 2.75) is 12.3 Å². The van der Waals surface area contributed by atoms with Gasteiger partial charge in [0.05, 0.1) is 17.7 Å². The summed E-state index contributed by atoms with van der Waals surface area (Å²) in [6.07, 6.45) is 3.43. The monoisotopic (exact) mass is 268 g/mol. The Hall–Kier alpha value is -1.16. The van der Waals surface area contributed by atoms with Crippen LogP contribution in [-0.4, -0.2) is 9.55 Å². The molecule has 0 saturated carbocycles. The van der Waals surface area contributed by atoms with Crippen molar-refractivity contribution in [3.05, 3.63) is 47.8 Å². The van der Waals surface area contributed by atoms with E-state index in [1.807, 2.05) is 13.1 Å². The summed E-state index contributed by atoms with van der Waals surface area (Å²) in [5.41, 5.74) is 2.45. The number of nitrogens with zero attached hydrogens (tertiary/aromatic N) is 2. The quantitative estimate of drug-likeness (QED) is 0.765. The molecule has 0 radical (unpaired) electrons. The maximum absolute atomic E-state index is 13.5.